The van der Waals surface area contributed by atoms with E-state index < -0.39 is 5.41 Å². The number of carbonyl (C=O) groups excluding carboxylic acids is 2. The van der Waals surface area contributed by atoms with Gasteiger partial charge < -0.3 is 9.72 Å². The van der Waals surface area contributed by atoms with Crippen molar-refractivity contribution in [3.05, 3.63) is 65.9 Å². The summed E-state index contributed by atoms with van der Waals surface area (Å²) in [5, 5.41) is 0.845. The number of amides is 2. The molecule has 0 radical (unpaired) electrons. The maximum Gasteiger partial charge on any atom is 0.271 e. The minimum Gasteiger partial charge on any atom is -0.497 e. The highest BCUT2D eigenvalue weighted by Gasteiger charge is 2.61. The van der Waals surface area contributed by atoms with Crippen LogP contribution in [0.3, 0.4) is 0 Å². The monoisotopic (exact) mass is 443 g/mol. The van der Waals surface area contributed by atoms with Gasteiger partial charge in [-0.3, -0.25) is 20.4 Å². The normalized spacial score (nSPS) is 29.7. The lowest BCUT2D eigenvalue weighted by molar-refractivity contribution is -0.149. The Morgan fingerprint density at radius 1 is 0.970 bits per heavy atom. The molecule has 0 aliphatic heterocycles. The van der Waals surface area contributed by atoms with Gasteiger partial charge in [-0.2, -0.15) is 0 Å². The SMILES string of the molecule is COc1ccc(C23CC4CC(CC(C(=O)NNC(=O)c5c[nH]c6ccccc56)(C4)C2)C3)cc1. The number of benzene rings is 2. The molecule has 4 aliphatic rings. The summed E-state index contributed by atoms with van der Waals surface area (Å²) in [6, 6.07) is 16.1. The molecule has 4 fully saturated rings. The molecule has 33 heavy (non-hydrogen) atoms. The minimum absolute atomic E-state index is 0.0363. The summed E-state index contributed by atoms with van der Waals surface area (Å²) in [7, 11) is 1.68. The van der Waals surface area contributed by atoms with Crippen LogP contribution in [0.5, 0.6) is 5.75 Å². The fourth-order valence-electron chi connectivity index (χ4n) is 7.38. The van der Waals surface area contributed by atoms with E-state index in [4.69, 9.17) is 4.74 Å². The third kappa shape index (κ3) is 3.23. The first-order chi connectivity index (χ1) is 16.0. The molecule has 1 heterocycles. The molecule has 4 bridgehead atoms. The van der Waals surface area contributed by atoms with Crippen LogP contribution in [-0.4, -0.2) is 23.9 Å². The maximum absolute atomic E-state index is 13.6. The van der Waals surface area contributed by atoms with E-state index in [1.165, 1.54) is 12.0 Å². The van der Waals surface area contributed by atoms with Crippen LogP contribution in [0.25, 0.3) is 10.9 Å². The number of carbonyl (C=O) groups is 2. The van der Waals surface area contributed by atoms with E-state index in [-0.39, 0.29) is 17.2 Å². The molecule has 170 valence electrons. The molecule has 1 aromatic heterocycles. The predicted molar refractivity (Wildman–Crippen MR) is 126 cm³/mol. The van der Waals surface area contributed by atoms with Crippen molar-refractivity contribution in [2.24, 2.45) is 17.3 Å². The fraction of sp³-hybridized carbons (Fsp3) is 0.407. The van der Waals surface area contributed by atoms with E-state index in [9.17, 15) is 9.59 Å². The average Bonchev–Trinajstić information content (AvgIpc) is 3.26. The molecule has 0 saturated heterocycles. The number of methoxy groups -OCH3 is 1. The molecule has 0 spiro atoms. The summed E-state index contributed by atoms with van der Waals surface area (Å²) < 4.78 is 5.35. The van der Waals surface area contributed by atoms with Crippen LogP contribution in [0, 0.1) is 17.3 Å². The summed E-state index contributed by atoms with van der Waals surface area (Å²) >= 11 is 0. The number of para-hydroxylation sites is 1. The Morgan fingerprint density at radius 2 is 1.70 bits per heavy atom. The summed E-state index contributed by atoms with van der Waals surface area (Å²) in [4.78, 5) is 29.5. The maximum atomic E-state index is 13.6. The van der Waals surface area contributed by atoms with Gasteiger partial charge in [-0.1, -0.05) is 30.3 Å². The lowest BCUT2D eigenvalue weighted by Gasteiger charge is -2.61. The van der Waals surface area contributed by atoms with E-state index in [1.54, 1.807) is 13.3 Å². The second-order valence-corrected chi connectivity index (χ2v) is 10.4. The molecule has 3 aromatic rings. The van der Waals surface area contributed by atoms with Gasteiger partial charge in [0, 0.05) is 17.1 Å². The van der Waals surface area contributed by atoms with Crippen molar-refractivity contribution in [3.63, 3.8) is 0 Å². The standard InChI is InChI=1S/C27H29N3O3/c1-33-20-8-6-19(7-9-20)26-11-17-10-18(12-26)14-27(13-17,16-26)25(32)30-29-24(31)22-15-28-23-5-3-2-4-21(22)23/h2-9,15,17-18,28H,10-14,16H2,1H3,(H,29,31)(H,30,32). The van der Waals surface area contributed by atoms with E-state index in [2.05, 4.69) is 28.0 Å². The highest BCUT2D eigenvalue weighted by molar-refractivity contribution is 6.07. The first kappa shape index (κ1) is 20.3. The molecule has 3 N–H and O–H groups in total. The molecule has 4 aliphatic carbocycles. The lowest BCUT2D eigenvalue weighted by Crippen LogP contribution is -2.60. The topological polar surface area (TPSA) is 83.2 Å². The third-order valence-corrected chi connectivity index (χ3v) is 8.37. The van der Waals surface area contributed by atoms with Crippen molar-refractivity contribution >= 4 is 22.7 Å². The Balaban J connectivity index is 1.22. The largest absolute Gasteiger partial charge is 0.497 e. The van der Waals surface area contributed by atoms with Gasteiger partial charge in [0.1, 0.15) is 5.75 Å². The smallest absolute Gasteiger partial charge is 0.271 e. The Kier molecular flexibility index (Phi) is 4.54. The highest BCUT2D eigenvalue weighted by atomic mass is 16.5. The van der Waals surface area contributed by atoms with Crippen LogP contribution in [0.15, 0.2) is 54.7 Å². The molecule has 7 rings (SSSR count). The number of aromatic nitrogens is 1. The van der Waals surface area contributed by atoms with Crippen LogP contribution >= 0.6 is 0 Å². The number of aromatic amines is 1. The summed E-state index contributed by atoms with van der Waals surface area (Å²) in [5.74, 6) is 1.64. The van der Waals surface area contributed by atoms with E-state index in [1.807, 2.05) is 36.4 Å². The van der Waals surface area contributed by atoms with Crippen molar-refractivity contribution in [1.29, 1.82) is 0 Å². The highest BCUT2D eigenvalue weighted by Crippen LogP contribution is 2.65. The van der Waals surface area contributed by atoms with Gasteiger partial charge in [0.05, 0.1) is 18.1 Å². The second-order valence-electron chi connectivity index (χ2n) is 10.4. The molecule has 2 atom stereocenters. The van der Waals surface area contributed by atoms with Gasteiger partial charge in [0.15, 0.2) is 0 Å². The van der Waals surface area contributed by atoms with Crippen LogP contribution < -0.4 is 15.6 Å². The Morgan fingerprint density at radius 3 is 2.42 bits per heavy atom. The van der Waals surface area contributed by atoms with Crippen LogP contribution in [0.1, 0.15) is 54.4 Å². The Hall–Kier alpha value is -3.28. The average molecular weight is 444 g/mol. The van der Waals surface area contributed by atoms with Gasteiger partial charge in [0.25, 0.3) is 5.91 Å². The quantitative estimate of drug-likeness (QED) is 0.520. The van der Waals surface area contributed by atoms with Crippen molar-refractivity contribution in [3.8, 4) is 5.75 Å². The van der Waals surface area contributed by atoms with Crippen LogP contribution in [-0.2, 0) is 10.2 Å². The van der Waals surface area contributed by atoms with Crippen molar-refractivity contribution < 1.29 is 14.3 Å². The number of ether oxygens (including phenoxy) is 1. The van der Waals surface area contributed by atoms with Gasteiger partial charge in [-0.25, -0.2) is 0 Å². The third-order valence-electron chi connectivity index (χ3n) is 8.37. The summed E-state index contributed by atoms with van der Waals surface area (Å²) in [6.07, 6.45) is 7.86. The Bertz CT molecular complexity index is 1210. The molecule has 2 amide bonds. The zero-order valence-corrected chi connectivity index (χ0v) is 18.8. The number of hydrazine groups is 1. The molecule has 2 unspecified atom stereocenters. The molecular weight excluding hydrogens is 414 g/mol. The summed E-state index contributed by atoms with van der Waals surface area (Å²) in [6.45, 7) is 0. The number of fused-ring (bicyclic) bond motifs is 1. The minimum atomic E-state index is -0.419. The van der Waals surface area contributed by atoms with Crippen LogP contribution in [0.4, 0.5) is 0 Å². The molecule has 2 aromatic carbocycles. The van der Waals surface area contributed by atoms with Crippen LogP contribution in [0.2, 0.25) is 0 Å². The zero-order valence-electron chi connectivity index (χ0n) is 18.8. The molecule has 6 nitrogen and oxygen atoms in total. The van der Waals surface area contributed by atoms with Gasteiger partial charge in [-0.15, -0.1) is 0 Å². The van der Waals surface area contributed by atoms with Gasteiger partial charge >= 0.3 is 0 Å². The summed E-state index contributed by atoms with van der Waals surface area (Å²) in [5.41, 5.74) is 7.87. The van der Waals surface area contributed by atoms with E-state index in [0.29, 0.717) is 17.4 Å². The number of hydrogen-bond donors (Lipinski definition) is 3. The molecule has 4 saturated carbocycles. The zero-order chi connectivity index (χ0) is 22.6. The van der Waals surface area contributed by atoms with Crippen molar-refractivity contribution in [2.75, 3.05) is 7.11 Å². The van der Waals surface area contributed by atoms with Crippen molar-refractivity contribution in [2.45, 2.75) is 43.9 Å². The Labute approximate surface area is 193 Å². The molecular formula is C27H29N3O3. The first-order valence-corrected chi connectivity index (χ1v) is 11.8. The van der Waals surface area contributed by atoms with Gasteiger partial charge in [0.2, 0.25) is 5.91 Å². The number of rotatable bonds is 4. The molecule has 6 heteroatoms. The fourth-order valence-corrected chi connectivity index (χ4v) is 7.38. The first-order valence-electron chi connectivity index (χ1n) is 11.8. The number of H-pyrrole nitrogens is 1. The predicted octanol–water partition coefficient (Wildman–Crippen LogP) is 4.48. The number of hydrogen-bond acceptors (Lipinski definition) is 3. The van der Waals surface area contributed by atoms with E-state index >= 15 is 0 Å². The van der Waals surface area contributed by atoms with E-state index in [0.717, 1.165) is 48.8 Å². The van der Waals surface area contributed by atoms with Crippen molar-refractivity contribution in [1.82, 2.24) is 15.8 Å². The number of nitrogens with one attached hydrogen (secondary N) is 3. The lowest BCUT2D eigenvalue weighted by atomic mass is 9.42. The van der Waals surface area contributed by atoms with Gasteiger partial charge in [-0.05, 0) is 79.5 Å². The second kappa shape index (κ2) is 7.37.